The lowest BCUT2D eigenvalue weighted by Crippen LogP contribution is -2.14. The smallest absolute Gasteiger partial charge is 0.226 e. The van der Waals surface area contributed by atoms with Crippen LogP contribution in [0.15, 0.2) is 48.5 Å². The minimum atomic E-state index is -0.111. The number of amides is 1. The number of nitrogen functional groups attached to an aromatic ring is 1. The van der Waals surface area contributed by atoms with E-state index in [4.69, 9.17) is 22.1 Å². The first-order valence-electron chi connectivity index (χ1n) is 6.61. The van der Waals surface area contributed by atoms with Crippen LogP contribution < -0.4 is 11.1 Å². The standard InChI is InChI=1S/C16H17ClN2O2/c17-15-7-2-1-4-12(15)11-21-9-8-16(20)19-14-6-3-5-13(18)10-14/h1-7,10H,8-9,11,18H2,(H,19,20). The molecule has 0 saturated heterocycles. The van der Waals surface area contributed by atoms with Gasteiger partial charge in [-0.25, -0.2) is 0 Å². The van der Waals surface area contributed by atoms with Gasteiger partial charge in [-0.2, -0.15) is 0 Å². The molecule has 3 N–H and O–H groups in total. The summed E-state index contributed by atoms with van der Waals surface area (Å²) in [5.74, 6) is -0.111. The van der Waals surface area contributed by atoms with E-state index in [0.29, 0.717) is 29.6 Å². The molecular weight excluding hydrogens is 288 g/mol. The van der Waals surface area contributed by atoms with Gasteiger partial charge in [0, 0.05) is 16.4 Å². The van der Waals surface area contributed by atoms with Gasteiger partial charge in [-0.15, -0.1) is 0 Å². The van der Waals surface area contributed by atoms with E-state index in [0.717, 1.165) is 5.56 Å². The van der Waals surface area contributed by atoms with Gasteiger partial charge >= 0.3 is 0 Å². The van der Waals surface area contributed by atoms with E-state index in [9.17, 15) is 4.79 Å². The summed E-state index contributed by atoms with van der Waals surface area (Å²) in [6, 6.07) is 14.5. The molecule has 4 nitrogen and oxygen atoms in total. The second-order valence-electron chi connectivity index (χ2n) is 4.57. The molecule has 0 bridgehead atoms. The minimum Gasteiger partial charge on any atom is -0.399 e. The zero-order valence-corrected chi connectivity index (χ0v) is 12.3. The third kappa shape index (κ3) is 5.10. The highest BCUT2D eigenvalue weighted by Gasteiger charge is 2.04. The Balaban J connectivity index is 1.71. The molecule has 0 spiro atoms. The maximum Gasteiger partial charge on any atom is 0.226 e. The van der Waals surface area contributed by atoms with Crippen molar-refractivity contribution in [3.63, 3.8) is 0 Å². The summed E-state index contributed by atoms with van der Waals surface area (Å²) in [4.78, 5) is 11.7. The van der Waals surface area contributed by atoms with Crippen molar-refractivity contribution in [3.8, 4) is 0 Å². The number of carbonyl (C=O) groups is 1. The molecule has 1 amide bonds. The minimum absolute atomic E-state index is 0.111. The molecule has 2 rings (SSSR count). The monoisotopic (exact) mass is 304 g/mol. The Morgan fingerprint density at radius 2 is 2.00 bits per heavy atom. The summed E-state index contributed by atoms with van der Waals surface area (Å²) >= 11 is 6.02. The van der Waals surface area contributed by atoms with Gasteiger partial charge < -0.3 is 15.8 Å². The van der Waals surface area contributed by atoms with Gasteiger partial charge in [0.1, 0.15) is 0 Å². The van der Waals surface area contributed by atoms with Crippen LogP contribution in [-0.2, 0) is 16.1 Å². The molecular formula is C16H17ClN2O2. The SMILES string of the molecule is Nc1cccc(NC(=O)CCOCc2ccccc2Cl)c1. The summed E-state index contributed by atoms with van der Waals surface area (Å²) in [6.45, 7) is 0.727. The molecule has 2 aromatic carbocycles. The molecule has 0 atom stereocenters. The van der Waals surface area contributed by atoms with Crippen molar-refractivity contribution >= 4 is 28.9 Å². The largest absolute Gasteiger partial charge is 0.399 e. The topological polar surface area (TPSA) is 64.3 Å². The van der Waals surface area contributed by atoms with Crippen LogP contribution in [0.4, 0.5) is 11.4 Å². The van der Waals surface area contributed by atoms with Crippen molar-refractivity contribution in [2.75, 3.05) is 17.7 Å². The van der Waals surface area contributed by atoms with Gasteiger partial charge in [-0.1, -0.05) is 35.9 Å². The number of halogens is 1. The number of hydrogen-bond acceptors (Lipinski definition) is 3. The molecule has 0 aromatic heterocycles. The zero-order chi connectivity index (χ0) is 15.1. The molecule has 110 valence electrons. The quantitative estimate of drug-likeness (QED) is 0.634. The number of nitrogens with one attached hydrogen (secondary N) is 1. The molecule has 21 heavy (non-hydrogen) atoms. The molecule has 0 unspecified atom stereocenters. The van der Waals surface area contributed by atoms with E-state index in [2.05, 4.69) is 5.32 Å². The molecule has 0 saturated carbocycles. The lowest BCUT2D eigenvalue weighted by Gasteiger charge is -2.07. The maximum atomic E-state index is 11.7. The highest BCUT2D eigenvalue weighted by Crippen LogP contribution is 2.16. The fraction of sp³-hybridized carbons (Fsp3) is 0.188. The van der Waals surface area contributed by atoms with Crippen molar-refractivity contribution in [1.82, 2.24) is 0 Å². The zero-order valence-electron chi connectivity index (χ0n) is 11.5. The number of anilines is 2. The van der Waals surface area contributed by atoms with E-state index in [-0.39, 0.29) is 12.3 Å². The average molecular weight is 305 g/mol. The fourth-order valence-corrected chi connectivity index (χ4v) is 1.99. The van der Waals surface area contributed by atoms with Crippen molar-refractivity contribution in [2.24, 2.45) is 0 Å². The molecule has 0 aliphatic heterocycles. The second-order valence-corrected chi connectivity index (χ2v) is 4.97. The summed E-state index contributed by atoms with van der Waals surface area (Å²) in [6.07, 6.45) is 0.277. The number of ether oxygens (including phenoxy) is 1. The van der Waals surface area contributed by atoms with Gasteiger partial charge in [-0.3, -0.25) is 4.79 Å². The lowest BCUT2D eigenvalue weighted by atomic mass is 10.2. The van der Waals surface area contributed by atoms with Crippen LogP contribution in [-0.4, -0.2) is 12.5 Å². The van der Waals surface area contributed by atoms with E-state index < -0.39 is 0 Å². The molecule has 0 heterocycles. The highest BCUT2D eigenvalue weighted by atomic mass is 35.5. The third-order valence-electron chi connectivity index (χ3n) is 2.86. The van der Waals surface area contributed by atoms with E-state index in [1.165, 1.54) is 0 Å². The van der Waals surface area contributed by atoms with Crippen LogP contribution in [0, 0.1) is 0 Å². The first-order valence-corrected chi connectivity index (χ1v) is 6.99. The van der Waals surface area contributed by atoms with Crippen molar-refractivity contribution in [3.05, 3.63) is 59.1 Å². The molecule has 5 heteroatoms. The van der Waals surface area contributed by atoms with Crippen LogP contribution >= 0.6 is 11.6 Å². The molecule has 0 aliphatic rings. The van der Waals surface area contributed by atoms with Crippen LogP contribution in [0.25, 0.3) is 0 Å². The molecule has 0 aliphatic carbocycles. The van der Waals surface area contributed by atoms with Gasteiger partial charge in [-0.05, 0) is 29.8 Å². The predicted molar refractivity (Wildman–Crippen MR) is 85.2 cm³/mol. The number of nitrogens with two attached hydrogens (primary N) is 1. The molecule has 2 aromatic rings. The summed E-state index contributed by atoms with van der Waals surface area (Å²) in [5, 5.41) is 3.44. The van der Waals surface area contributed by atoms with Crippen LogP contribution in [0.3, 0.4) is 0 Å². The maximum absolute atomic E-state index is 11.7. The Kier molecular flexibility index (Phi) is 5.60. The first-order chi connectivity index (χ1) is 10.1. The Morgan fingerprint density at radius 3 is 2.76 bits per heavy atom. The summed E-state index contributed by atoms with van der Waals surface area (Å²) in [7, 11) is 0. The van der Waals surface area contributed by atoms with E-state index >= 15 is 0 Å². The first kappa shape index (κ1) is 15.4. The molecule has 0 radical (unpaired) electrons. The number of carbonyl (C=O) groups excluding carboxylic acids is 1. The third-order valence-corrected chi connectivity index (χ3v) is 3.23. The van der Waals surface area contributed by atoms with Crippen molar-refractivity contribution in [2.45, 2.75) is 13.0 Å². The Hall–Kier alpha value is -2.04. The van der Waals surface area contributed by atoms with Gasteiger partial charge in [0.25, 0.3) is 0 Å². The fourth-order valence-electron chi connectivity index (χ4n) is 1.80. The van der Waals surface area contributed by atoms with Gasteiger partial charge in [0.15, 0.2) is 0 Å². The summed E-state index contributed by atoms with van der Waals surface area (Å²) in [5.41, 5.74) is 7.86. The average Bonchev–Trinajstić information content (AvgIpc) is 2.45. The number of rotatable bonds is 6. The Labute approximate surface area is 128 Å². The van der Waals surface area contributed by atoms with E-state index in [1.807, 2.05) is 24.3 Å². The van der Waals surface area contributed by atoms with Gasteiger partial charge in [0.2, 0.25) is 5.91 Å². The van der Waals surface area contributed by atoms with Gasteiger partial charge in [0.05, 0.1) is 19.6 Å². The lowest BCUT2D eigenvalue weighted by molar-refractivity contribution is -0.117. The second kappa shape index (κ2) is 7.67. The Bertz CT molecular complexity index is 617. The van der Waals surface area contributed by atoms with Crippen LogP contribution in [0.1, 0.15) is 12.0 Å². The highest BCUT2D eigenvalue weighted by molar-refractivity contribution is 6.31. The summed E-state index contributed by atoms with van der Waals surface area (Å²) < 4.78 is 5.46. The van der Waals surface area contributed by atoms with Crippen LogP contribution in [0.5, 0.6) is 0 Å². The predicted octanol–water partition coefficient (Wildman–Crippen LogP) is 3.47. The van der Waals surface area contributed by atoms with E-state index in [1.54, 1.807) is 24.3 Å². The van der Waals surface area contributed by atoms with Crippen molar-refractivity contribution < 1.29 is 9.53 Å². The number of benzene rings is 2. The molecule has 0 fully saturated rings. The van der Waals surface area contributed by atoms with Crippen LogP contribution in [0.2, 0.25) is 5.02 Å². The van der Waals surface area contributed by atoms with Crippen molar-refractivity contribution in [1.29, 1.82) is 0 Å². The Morgan fingerprint density at radius 1 is 1.19 bits per heavy atom. The normalized spacial score (nSPS) is 10.3. The number of hydrogen-bond donors (Lipinski definition) is 2.